The molecule has 0 radical (unpaired) electrons. The van der Waals surface area contributed by atoms with Gasteiger partial charge >= 0.3 is 0 Å². The zero-order valence-electron chi connectivity index (χ0n) is 58.5. The maximum absolute atomic E-state index is 13.4. The minimum atomic E-state index is -1.98. The van der Waals surface area contributed by atoms with Crippen molar-refractivity contribution in [3.05, 3.63) is 12.2 Å². The number of hydrogen-bond acceptors (Lipinski definition) is 18. The first-order chi connectivity index (χ1) is 45.3. The van der Waals surface area contributed by atoms with Gasteiger partial charge in [-0.15, -0.1) is 0 Å². The Morgan fingerprint density at radius 2 is 0.667 bits per heavy atom. The van der Waals surface area contributed by atoms with Crippen LogP contribution in [0.1, 0.15) is 322 Å². The number of hydrogen-bond donors (Lipinski definition) is 12. The standard InChI is InChI=1S/C74H141NO18/c1-3-5-7-9-11-13-15-17-19-21-23-25-27-28-30-31-33-35-37-39-41-43-45-47-49-51-58(79)57(75-62(80)52-50-48-46-44-42-40-38-36-34-32-29-26-24-22-20-18-16-14-12-10-8-6-4-2)56-88-72-68(86)65(83)70(60(54-77)90-72)93-74-69(87)66(84)71(61(55-78)91-74)92-73-67(85)64(82)63(81)59(53-76)89-73/h49,51,57-61,63-74,76-79,81-87H,3-48,50,52-56H2,1-2H3,(H,75,80)/b51-49+. The van der Waals surface area contributed by atoms with E-state index in [-0.39, 0.29) is 18.9 Å². The van der Waals surface area contributed by atoms with Crippen LogP contribution < -0.4 is 5.32 Å². The van der Waals surface area contributed by atoms with Crippen LogP contribution in [0.15, 0.2) is 12.2 Å². The summed E-state index contributed by atoms with van der Waals surface area (Å²) in [7, 11) is 0. The monoisotopic (exact) mass is 1330 g/mol. The van der Waals surface area contributed by atoms with Crippen LogP contribution in [0.3, 0.4) is 0 Å². The SMILES string of the molecule is CCCCCCCCCCCCCCCCCCCCCCCCC/C=C/C(O)C(COC1OC(CO)C(OC2OC(CO)C(OC3OC(CO)C(O)C(O)C3O)C(O)C2O)C(O)C1O)NC(=O)CCCCCCCCCCCCCCCCCCCCCCCCC. The van der Waals surface area contributed by atoms with Crippen molar-refractivity contribution in [3.63, 3.8) is 0 Å². The van der Waals surface area contributed by atoms with Crippen LogP contribution in [0.4, 0.5) is 0 Å². The average molecular weight is 1330 g/mol. The van der Waals surface area contributed by atoms with Gasteiger partial charge in [-0.2, -0.15) is 0 Å². The summed E-state index contributed by atoms with van der Waals surface area (Å²) in [5.74, 6) is -0.267. The van der Waals surface area contributed by atoms with Crippen molar-refractivity contribution >= 4 is 5.91 Å². The van der Waals surface area contributed by atoms with Gasteiger partial charge in [-0.05, 0) is 19.3 Å². The van der Waals surface area contributed by atoms with Crippen molar-refractivity contribution in [1.82, 2.24) is 5.32 Å². The van der Waals surface area contributed by atoms with E-state index in [1.54, 1.807) is 6.08 Å². The van der Waals surface area contributed by atoms with Gasteiger partial charge in [0.1, 0.15) is 73.2 Å². The highest BCUT2D eigenvalue weighted by Crippen LogP contribution is 2.33. The number of carbonyl (C=O) groups excluding carboxylic acids is 1. The van der Waals surface area contributed by atoms with Crippen molar-refractivity contribution in [1.29, 1.82) is 0 Å². The molecule has 17 unspecified atom stereocenters. The van der Waals surface area contributed by atoms with E-state index in [9.17, 15) is 61.0 Å². The minimum Gasteiger partial charge on any atom is -0.394 e. The van der Waals surface area contributed by atoms with E-state index in [0.29, 0.717) is 6.42 Å². The van der Waals surface area contributed by atoms with Crippen LogP contribution in [-0.4, -0.2) is 193 Å². The summed E-state index contributed by atoms with van der Waals surface area (Å²) in [5, 5.41) is 121. The molecule has 0 aromatic heterocycles. The van der Waals surface area contributed by atoms with Crippen molar-refractivity contribution in [3.8, 4) is 0 Å². The van der Waals surface area contributed by atoms with Gasteiger partial charge in [0.15, 0.2) is 18.9 Å². The van der Waals surface area contributed by atoms with Crippen LogP contribution in [0.25, 0.3) is 0 Å². The molecule has 1 amide bonds. The molecule has 0 bridgehead atoms. The number of aliphatic hydroxyl groups is 11. The van der Waals surface area contributed by atoms with Crippen molar-refractivity contribution in [2.75, 3.05) is 26.4 Å². The Kier molecular flexibility index (Phi) is 51.9. The molecule has 19 nitrogen and oxygen atoms in total. The summed E-state index contributed by atoms with van der Waals surface area (Å²) < 4.78 is 34.4. The third kappa shape index (κ3) is 37.5. The van der Waals surface area contributed by atoms with E-state index in [1.807, 2.05) is 6.08 Å². The maximum atomic E-state index is 13.4. The van der Waals surface area contributed by atoms with E-state index in [1.165, 1.54) is 250 Å². The van der Waals surface area contributed by atoms with Crippen LogP contribution >= 0.6 is 0 Å². The van der Waals surface area contributed by atoms with Crippen molar-refractivity contribution in [2.45, 2.75) is 426 Å². The average Bonchev–Trinajstić information content (AvgIpc) is 0.995. The Hall–Kier alpha value is -1.47. The molecule has 0 aromatic carbocycles. The normalized spacial score (nSPS) is 27.5. The van der Waals surface area contributed by atoms with E-state index in [4.69, 9.17) is 28.4 Å². The number of amides is 1. The van der Waals surface area contributed by atoms with Gasteiger partial charge in [-0.25, -0.2) is 0 Å². The smallest absolute Gasteiger partial charge is 0.220 e. The fraction of sp³-hybridized carbons (Fsp3) is 0.959. The van der Waals surface area contributed by atoms with E-state index < -0.39 is 124 Å². The number of nitrogens with one attached hydrogen (secondary N) is 1. The van der Waals surface area contributed by atoms with Gasteiger partial charge in [0, 0.05) is 6.42 Å². The fourth-order valence-electron chi connectivity index (χ4n) is 13.4. The Morgan fingerprint density at radius 3 is 1.01 bits per heavy atom. The van der Waals surface area contributed by atoms with Crippen LogP contribution in [0.5, 0.6) is 0 Å². The number of carbonyl (C=O) groups is 1. The van der Waals surface area contributed by atoms with Crippen LogP contribution in [-0.2, 0) is 33.2 Å². The molecular formula is C74H141NO18. The first-order valence-corrected chi connectivity index (χ1v) is 38.4. The largest absolute Gasteiger partial charge is 0.394 e. The third-order valence-electron chi connectivity index (χ3n) is 19.6. The second kappa shape index (κ2) is 56.3. The van der Waals surface area contributed by atoms with Crippen molar-refractivity contribution < 1.29 is 89.4 Å². The number of allylic oxidation sites excluding steroid dienone is 1. The quantitative estimate of drug-likeness (QED) is 0.0199. The van der Waals surface area contributed by atoms with E-state index in [2.05, 4.69) is 19.2 Å². The van der Waals surface area contributed by atoms with Gasteiger partial charge in [0.2, 0.25) is 5.91 Å². The summed E-state index contributed by atoms with van der Waals surface area (Å²) in [6.45, 7) is 1.80. The van der Waals surface area contributed by atoms with Crippen LogP contribution in [0.2, 0.25) is 0 Å². The molecule has 550 valence electrons. The molecule has 3 aliphatic rings. The molecule has 0 saturated carbocycles. The topological polar surface area (TPSA) is 307 Å². The highest BCUT2D eigenvalue weighted by Gasteiger charge is 2.53. The predicted molar refractivity (Wildman–Crippen MR) is 365 cm³/mol. The first kappa shape index (κ1) is 85.8. The molecule has 93 heavy (non-hydrogen) atoms. The molecular weight excluding hydrogens is 1190 g/mol. The van der Waals surface area contributed by atoms with E-state index >= 15 is 0 Å². The van der Waals surface area contributed by atoms with Gasteiger partial charge in [0.05, 0.1) is 38.6 Å². The number of aliphatic hydroxyl groups excluding tert-OH is 11. The lowest BCUT2D eigenvalue weighted by atomic mass is 9.96. The molecule has 17 atom stereocenters. The van der Waals surface area contributed by atoms with Gasteiger partial charge < -0.3 is 89.9 Å². The van der Waals surface area contributed by atoms with Crippen molar-refractivity contribution in [2.24, 2.45) is 0 Å². The molecule has 0 aliphatic carbocycles. The maximum Gasteiger partial charge on any atom is 0.220 e. The molecule has 0 spiro atoms. The lowest BCUT2D eigenvalue weighted by Crippen LogP contribution is -2.66. The summed E-state index contributed by atoms with van der Waals surface area (Å²) in [4.78, 5) is 13.4. The van der Waals surface area contributed by atoms with E-state index in [0.717, 1.165) is 44.9 Å². The second-order valence-electron chi connectivity index (χ2n) is 27.8. The highest BCUT2D eigenvalue weighted by molar-refractivity contribution is 5.76. The Bertz CT molecular complexity index is 1730. The zero-order valence-corrected chi connectivity index (χ0v) is 58.5. The Labute approximate surface area is 563 Å². The predicted octanol–water partition coefficient (Wildman–Crippen LogP) is 11.6. The minimum absolute atomic E-state index is 0.250. The number of rotatable bonds is 61. The molecule has 3 aliphatic heterocycles. The highest BCUT2D eigenvalue weighted by atomic mass is 16.8. The first-order valence-electron chi connectivity index (χ1n) is 38.4. The fourth-order valence-corrected chi connectivity index (χ4v) is 13.4. The summed E-state index contributed by atoms with van der Waals surface area (Å²) >= 11 is 0. The molecule has 0 aromatic rings. The lowest BCUT2D eigenvalue weighted by Gasteiger charge is -2.48. The second-order valence-corrected chi connectivity index (χ2v) is 27.8. The molecule has 3 rings (SSSR count). The zero-order chi connectivity index (χ0) is 67.5. The molecule has 3 heterocycles. The molecule has 3 saturated heterocycles. The number of unbranched alkanes of at least 4 members (excludes halogenated alkanes) is 45. The van der Waals surface area contributed by atoms with Gasteiger partial charge in [-0.3, -0.25) is 4.79 Å². The molecule has 19 heteroatoms. The van der Waals surface area contributed by atoms with Crippen LogP contribution in [0, 0.1) is 0 Å². The third-order valence-corrected chi connectivity index (χ3v) is 19.6. The van der Waals surface area contributed by atoms with Gasteiger partial charge in [0.25, 0.3) is 0 Å². The number of ether oxygens (including phenoxy) is 6. The Balaban J connectivity index is 1.40. The molecule has 12 N–H and O–H groups in total. The Morgan fingerprint density at radius 1 is 0.376 bits per heavy atom. The van der Waals surface area contributed by atoms with Gasteiger partial charge in [-0.1, -0.05) is 309 Å². The summed E-state index contributed by atoms with van der Waals surface area (Å²) in [6, 6.07) is -0.969. The molecule has 3 fully saturated rings. The summed E-state index contributed by atoms with van der Waals surface area (Å²) in [5.41, 5.74) is 0. The summed E-state index contributed by atoms with van der Waals surface area (Å²) in [6.07, 6.45) is 37.6. The lowest BCUT2D eigenvalue weighted by molar-refractivity contribution is -0.379.